The van der Waals surface area contributed by atoms with Gasteiger partial charge >= 0.3 is 0 Å². The van der Waals surface area contributed by atoms with Gasteiger partial charge in [0.15, 0.2) is 0 Å². The van der Waals surface area contributed by atoms with Gasteiger partial charge in [-0.05, 0) is 39.7 Å². The standard InChI is InChI=1S/C10H16O.C7H6O/c1-9(2)5-4-6-10(3)7-8-11;8-6-7-4-2-1-3-5-7/h5,7-8H,4,6H2,1-3H3;1-6H/b10-7+;. The summed E-state index contributed by atoms with van der Waals surface area (Å²) in [4.78, 5) is 20.0. The zero-order valence-corrected chi connectivity index (χ0v) is 11.9. The fraction of sp³-hybridized carbons (Fsp3) is 0.294. The minimum absolute atomic E-state index is 0.729. The van der Waals surface area contributed by atoms with Crippen molar-refractivity contribution in [1.82, 2.24) is 0 Å². The van der Waals surface area contributed by atoms with Gasteiger partial charge in [0.25, 0.3) is 0 Å². The van der Waals surface area contributed by atoms with Crippen molar-refractivity contribution in [3.63, 3.8) is 0 Å². The van der Waals surface area contributed by atoms with Crippen LogP contribution in [0.5, 0.6) is 0 Å². The van der Waals surface area contributed by atoms with Gasteiger partial charge in [0.2, 0.25) is 0 Å². The number of hydrogen-bond acceptors (Lipinski definition) is 2. The van der Waals surface area contributed by atoms with Crippen molar-refractivity contribution in [2.45, 2.75) is 33.6 Å². The molecule has 19 heavy (non-hydrogen) atoms. The molecule has 1 rings (SSSR count). The zero-order chi connectivity index (χ0) is 14.5. The van der Waals surface area contributed by atoms with E-state index in [0.29, 0.717) is 0 Å². The smallest absolute Gasteiger partial charge is 0.150 e. The predicted octanol–water partition coefficient (Wildman–Crippen LogP) is 4.38. The minimum Gasteiger partial charge on any atom is -0.299 e. The maximum absolute atomic E-state index is 10.0. The van der Waals surface area contributed by atoms with Crippen LogP contribution in [0.25, 0.3) is 0 Å². The molecule has 0 bridgehead atoms. The van der Waals surface area contributed by atoms with Gasteiger partial charge in [0.05, 0.1) is 0 Å². The van der Waals surface area contributed by atoms with Crippen LogP contribution in [0.1, 0.15) is 44.0 Å². The van der Waals surface area contributed by atoms with Crippen LogP contribution in [-0.2, 0) is 4.79 Å². The summed E-state index contributed by atoms with van der Waals surface area (Å²) in [6, 6.07) is 9.10. The van der Waals surface area contributed by atoms with Crippen molar-refractivity contribution < 1.29 is 9.59 Å². The van der Waals surface area contributed by atoms with Gasteiger partial charge in [-0.25, -0.2) is 0 Å². The number of aldehydes is 2. The van der Waals surface area contributed by atoms with Crippen molar-refractivity contribution in [2.24, 2.45) is 0 Å². The van der Waals surface area contributed by atoms with E-state index in [0.717, 1.165) is 36.6 Å². The second-order valence-corrected chi connectivity index (χ2v) is 4.50. The summed E-state index contributed by atoms with van der Waals surface area (Å²) in [6.45, 7) is 6.14. The molecule has 0 aliphatic carbocycles. The van der Waals surface area contributed by atoms with Crippen molar-refractivity contribution in [1.29, 1.82) is 0 Å². The third-order valence-corrected chi connectivity index (χ3v) is 2.38. The largest absolute Gasteiger partial charge is 0.299 e. The molecule has 1 aromatic carbocycles. The van der Waals surface area contributed by atoms with Crippen molar-refractivity contribution in [2.75, 3.05) is 0 Å². The lowest BCUT2D eigenvalue weighted by Crippen LogP contribution is -1.77. The molecule has 0 radical (unpaired) electrons. The van der Waals surface area contributed by atoms with Crippen LogP contribution in [-0.4, -0.2) is 12.6 Å². The molecule has 0 saturated carbocycles. The van der Waals surface area contributed by atoms with Crippen LogP contribution >= 0.6 is 0 Å². The Hall–Kier alpha value is -1.96. The third-order valence-electron chi connectivity index (χ3n) is 2.38. The molecule has 0 spiro atoms. The summed E-state index contributed by atoms with van der Waals surface area (Å²) in [5.74, 6) is 0. The van der Waals surface area contributed by atoms with E-state index in [2.05, 4.69) is 19.9 Å². The Morgan fingerprint density at radius 3 is 2.11 bits per heavy atom. The number of carbonyl (C=O) groups excluding carboxylic acids is 2. The molecule has 2 heteroatoms. The molecule has 2 nitrogen and oxygen atoms in total. The molecule has 1 aromatic rings. The van der Waals surface area contributed by atoms with Crippen LogP contribution in [0.15, 0.2) is 53.6 Å². The summed E-state index contributed by atoms with van der Waals surface area (Å²) in [5.41, 5.74) is 3.22. The summed E-state index contributed by atoms with van der Waals surface area (Å²) in [6.07, 6.45) is 7.52. The Morgan fingerprint density at radius 1 is 1.05 bits per heavy atom. The second-order valence-electron chi connectivity index (χ2n) is 4.50. The lowest BCUT2D eigenvalue weighted by atomic mass is 10.1. The first-order valence-corrected chi connectivity index (χ1v) is 6.34. The number of carbonyl (C=O) groups is 2. The van der Waals surface area contributed by atoms with E-state index >= 15 is 0 Å². The first kappa shape index (κ1) is 17.0. The predicted molar refractivity (Wildman–Crippen MR) is 80.3 cm³/mol. The highest BCUT2D eigenvalue weighted by Gasteiger charge is 1.86. The highest BCUT2D eigenvalue weighted by atomic mass is 16.1. The maximum atomic E-state index is 10.0. The quantitative estimate of drug-likeness (QED) is 0.446. The number of rotatable bonds is 5. The van der Waals surface area contributed by atoms with Gasteiger partial charge in [0, 0.05) is 5.56 Å². The molecule has 0 aromatic heterocycles. The summed E-state index contributed by atoms with van der Waals surface area (Å²) in [5, 5.41) is 0. The van der Waals surface area contributed by atoms with Crippen LogP contribution < -0.4 is 0 Å². The van der Waals surface area contributed by atoms with Crippen LogP contribution in [0, 0.1) is 0 Å². The molecule has 0 heterocycles. The lowest BCUT2D eigenvalue weighted by Gasteiger charge is -1.94. The van der Waals surface area contributed by atoms with E-state index in [1.807, 2.05) is 25.1 Å². The first-order valence-electron chi connectivity index (χ1n) is 6.34. The number of hydrogen-bond donors (Lipinski definition) is 0. The van der Waals surface area contributed by atoms with Gasteiger partial charge in [-0.2, -0.15) is 0 Å². The summed E-state index contributed by atoms with van der Waals surface area (Å²) >= 11 is 0. The highest BCUT2D eigenvalue weighted by molar-refractivity contribution is 5.74. The van der Waals surface area contributed by atoms with Crippen molar-refractivity contribution in [3.05, 3.63) is 59.2 Å². The lowest BCUT2D eigenvalue weighted by molar-refractivity contribution is -0.104. The Balaban J connectivity index is 0.000000356. The van der Waals surface area contributed by atoms with Crippen LogP contribution in [0.3, 0.4) is 0 Å². The van der Waals surface area contributed by atoms with E-state index < -0.39 is 0 Å². The molecular weight excluding hydrogens is 236 g/mol. The average molecular weight is 258 g/mol. The summed E-state index contributed by atoms with van der Waals surface area (Å²) < 4.78 is 0. The molecule has 0 amide bonds. The first-order chi connectivity index (χ1) is 9.10. The zero-order valence-electron chi connectivity index (χ0n) is 11.9. The fourth-order valence-corrected chi connectivity index (χ4v) is 1.32. The summed E-state index contributed by atoms with van der Waals surface area (Å²) in [7, 11) is 0. The Labute approximate surface area is 115 Å². The van der Waals surface area contributed by atoms with E-state index in [1.165, 1.54) is 5.57 Å². The van der Waals surface area contributed by atoms with E-state index in [-0.39, 0.29) is 0 Å². The van der Waals surface area contributed by atoms with E-state index in [9.17, 15) is 9.59 Å². The third kappa shape index (κ3) is 10.9. The number of allylic oxidation sites excluding steroid dienone is 4. The second kappa shape index (κ2) is 11.1. The minimum atomic E-state index is 0.729. The Bertz CT molecular complexity index is 424. The highest BCUT2D eigenvalue weighted by Crippen LogP contribution is 2.05. The average Bonchev–Trinajstić information content (AvgIpc) is 2.40. The molecule has 0 unspecified atom stereocenters. The number of benzene rings is 1. The van der Waals surface area contributed by atoms with E-state index in [1.54, 1.807) is 18.2 Å². The fourth-order valence-electron chi connectivity index (χ4n) is 1.32. The maximum Gasteiger partial charge on any atom is 0.150 e. The van der Waals surface area contributed by atoms with Crippen LogP contribution in [0.4, 0.5) is 0 Å². The van der Waals surface area contributed by atoms with E-state index in [4.69, 9.17) is 0 Å². The molecule has 0 fully saturated rings. The van der Waals surface area contributed by atoms with Gasteiger partial charge < -0.3 is 0 Å². The molecule has 0 saturated heterocycles. The topological polar surface area (TPSA) is 34.1 Å². The van der Waals surface area contributed by atoms with Gasteiger partial charge in [-0.1, -0.05) is 47.6 Å². The Kier molecular flexibility index (Phi) is 10.00. The van der Waals surface area contributed by atoms with Crippen LogP contribution in [0.2, 0.25) is 0 Å². The normalized spacial score (nSPS) is 9.95. The molecular formula is C17H22O2. The SMILES string of the molecule is CC(C)=CCC/C(C)=C/C=O.O=Cc1ccccc1. The molecule has 102 valence electrons. The Morgan fingerprint density at radius 2 is 1.68 bits per heavy atom. The molecule has 0 atom stereocenters. The van der Waals surface area contributed by atoms with Crippen molar-refractivity contribution >= 4 is 12.6 Å². The van der Waals surface area contributed by atoms with Gasteiger partial charge in [-0.15, -0.1) is 0 Å². The van der Waals surface area contributed by atoms with Gasteiger partial charge in [0.1, 0.15) is 12.6 Å². The molecule has 0 aliphatic rings. The monoisotopic (exact) mass is 258 g/mol. The molecule has 0 N–H and O–H groups in total. The van der Waals surface area contributed by atoms with Crippen molar-refractivity contribution in [3.8, 4) is 0 Å². The van der Waals surface area contributed by atoms with Gasteiger partial charge in [-0.3, -0.25) is 9.59 Å². The molecule has 0 aliphatic heterocycles.